The number of nitrogens with two attached hydrogens (primary N) is 4. The van der Waals surface area contributed by atoms with E-state index in [1.54, 1.807) is 46.6 Å². The molecule has 0 amide bonds. The second-order valence-corrected chi connectivity index (χ2v) is 64.2. The average molecular weight is 1830 g/mol. The molecular formula is C84H150N15O17P5Si. The summed E-state index contributed by atoms with van der Waals surface area (Å²) < 4.78 is 41.6. The zero-order chi connectivity index (χ0) is 92.5. The van der Waals surface area contributed by atoms with Crippen LogP contribution in [0.3, 0.4) is 0 Å². The van der Waals surface area contributed by atoms with Crippen molar-refractivity contribution in [2.24, 2.45) is 47.9 Å². The molecular weight excluding hydrogens is 1670 g/mol. The Balaban J connectivity index is 0.000000237. The zero-order valence-corrected chi connectivity index (χ0v) is 81.5. The molecule has 32 nitrogen and oxygen atoms in total. The van der Waals surface area contributed by atoms with Crippen LogP contribution in [0.5, 0.6) is 0 Å². The monoisotopic (exact) mass is 1820 g/mol. The van der Waals surface area contributed by atoms with Gasteiger partial charge in [-0.3, -0.25) is 0 Å². The van der Waals surface area contributed by atoms with Gasteiger partial charge in [0.05, 0.1) is 43.7 Å². The van der Waals surface area contributed by atoms with Crippen LogP contribution in [0.15, 0.2) is 146 Å². The lowest BCUT2D eigenvalue weighted by Gasteiger charge is -2.37. The highest BCUT2D eigenvalue weighted by Crippen LogP contribution is 2.46. The number of aliphatic hydroxyl groups is 10. The summed E-state index contributed by atoms with van der Waals surface area (Å²) in [4.78, 5) is 31.4. The summed E-state index contributed by atoms with van der Waals surface area (Å²) in [5.41, 5.74) is 26.2. The number of rotatable bonds is 26. The number of nitrogens with zero attached hydrogens (tertiary/aromatic N) is 11. The molecule has 20 atom stereocenters. The molecule has 0 aliphatic carbocycles. The largest absolute Gasteiger partial charge is 0.412 e. The molecule has 5 saturated heterocycles. The van der Waals surface area contributed by atoms with Gasteiger partial charge in [0.25, 0.3) is 0 Å². The fraction of sp³-hybridized carbons (Fsp3) is 0.643. The van der Waals surface area contributed by atoms with Crippen molar-refractivity contribution in [1.29, 1.82) is 0 Å². The van der Waals surface area contributed by atoms with Crippen LogP contribution in [0.4, 0.5) is 0 Å². The summed E-state index contributed by atoms with van der Waals surface area (Å²) in [5.74, 6) is 4.22. The minimum absolute atomic E-state index is 0.0735. The highest BCUT2D eigenvalue weighted by Gasteiger charge is 2.52. The smallest absolute Gasteiger partial charge is 0.192 e. The maximum atomic E-state index is 10.6. The minimum Gasteiger partial charge on any atom is -0.412 e. The second kappa shape index (κ2) is 43.3. The third kappa shape index (κ3) is 28.9. The SMILES string of the molecule is C=C1N=C(N(C)C)C=CN1[C@@H]1O[C@H](CCP(=C)(C)C)[C@@H](O)[C@H]1OC.C=C1N=C(N)C(C)=CN1[C@@H]1O[C@H](CCP(=C)(C)C)[C@@H](O)[C@H]1O.C=C1N=C(N)C(CC)=CN1[C@@H]1O[C@H](CCP(=C)(C)C)[C@@H](O)[C@H]1O.C=C1N=C(N)C(CO)=CN1[C@@H]1O[C@H](CCP(=C)(C)C)[C@@H](O)[C@H]1O.C=C1N=C(N)C(CO[Si](C)(C)C(C)(C)C)=CN1[C@@H]1O[C@H](CCP(=C)(C)C)[C@@H](O)[C@H]1O. The number of amidine groups is 5. The molecule has 38 heteroatoms. The Bertz CT molecular complexity index is 4220. The number of ether oxygens (including phenoxy) is 6. The van der Waals surface area contributed by atoms with Gasteiger partial charge in [-0.05, 0) is 167 Å². The number of aliphatic hydroxyl groups excluding tert-OH is 10. The van der Waals surface area contributed by atoms with Crippen molar-refractivity contribution in [2.75, 3.05) is 132 Å². The quantitative estimate of drug-likeness (QED) is 0.0394. The Morgan fingerprint density at radius 3 is 1.03 bits per heavy atom. The van der Waals surface area contributed by atoms with Gasteiger partial charge in [-0.15, -0.1) is 65.9 Å². The van der Waals surface area contributed by atoms with Crippen LogP contribution in [-0.2, 0) is 32.8 Å². The van der Waals surface area contributed by atoms with Crippen molar-refractivity contribution in [1.82, 2.24) is 29.4 Å². The van der Waals surface area contributed by atoms with Crippen molar-refractivity contribution >= 4 is 103 Å². The van der Waals surface area contributed by atoms with Gasteiger partial charge in [0.1, 0.15) is 119 Å². The van der Waals surface area contributed by atoms with E-state index in [9.17, 15) is 51.1 Å². The molecule has 18 N–H and O–H groups in total. The molecule has 0 saturated carbocycles. The summed E-state index contributed by atoms with van der Waals surface area (Å²) in [6.45, 7) is 49.6. The molecule has 122 heavy (non-hydrogen) atoms. The van der Waals surface area contributed by atoms with Gasteiger partial charge < -0.3 is 136 Å². The highest BCUT2D eigenvalue weighted by molar-refractivity contribution is 7.73. The Morgan fingerprint density at radius 2 is 0.730 bits per heavy atom. The lowest BCUT2D eigenvalue weighted by Crippen LogP contribution is -2.44. The maximum absolute atomic E-state index is 10.6. The molecule has 0 unspecified atom stereocenters. The maximum Gasteiger partial charge on any atom is 0.192 e. The molecule has 0 aromatic heterocycles. The van der Waals surface area contributed by atoms with Crippen LogP contribution in [0.1, 0.15) is 73.1 Å². The zero-order valence-electron chi connectivity index (χ0n) is 76.1. The van der Waals surface area contributed by atoms with Gasteiger partial charge >= 0.3 is 0 Å². The molecule has 0 bridgehead atoms. The standard InChI is InChI=1S/C21H40N3O4PSi.C17H30N3O3P.C16H28N3O3P.C15H26N3O4P.C15H26N3O3P/c1-14-23-19(22)15(13-27-30(8,9)21(2,3)4)12-24(14)20-18(26)17(25)16(28-20)10-11-29(5,6)7;1-12-18-14(19(2)3)8-10-20(12)17-16(22-4)15(21)13(23-17)9-11-24(5,6)7;1-6-11-9-19(10(2)18-15(11)17)16-14(21)13(20)12(22-16)7-8-23(3,4)5;1-9-17-14(16)10(8-19)7-18(9)15-13(21)12(20)11(22-15)5-6-23(2,3)4;1-9-8-18(10(2)17-14(9)16)15-13(20)12(19)11(21-15)6-7-22(3,4)5/h12,16-18,20,25-26H,1,5,10-11,13H2,2-4,6-9H3,(H2,22,23);8,10,13,15-17,21H,1,5,9,11H2,2-4,6-7H3;9,12-14,16,20-21H,2-3,6-8H2,1,4-5H3,(H2,17,18);7,11-13,15,19-21H,1-2,5-6,8H2,3-4H3,(H2,16,17);8,11-13,15,19-20H,2-3,6-7H2,1,4-5H3,(H2,16,17)/t16-,17-,18-,20-;13-,15-,16-,17-;12-,13-,14-,16-;2*11-,12-,13-,15-/m11111/s1. The Kier molecular flexibility index (Phi) is 37.4. The Labute approximate surface area is 727 Å². The lowest BCUT2D eigenvalue weighted by molar-refractivity contribution is -0.0698. The van der Waals surface area contributed by atoms with Crippen LogP contribution in [0.25, 0.3) is 0 Å². The summed E-state index contributed by atoms with van der Waals surface area (Å²) in [6.07, 6.45) is 25.6. The number of methoxy groups -OCH3 is 1. The van der Waals surface area contributed by atoms with Crippen molar-refractivity contribution in [3.8, 4) is 0 Å². The summed E-state index contributed by atoms with van der Waals surface area (Å²) in [7, 11) is 3.48. The first-order valence-electron chi connectivity index (χ1n) is 41.1. The van der Waals surface area contributed by atoms with Crippen LogP contribution >= 0.6 is 34.4 Å². The first kappa shape index (κ1) is 106. The first-order chi connectivity index (χ1) is 56.0. The average Bonchev–Trinajstić information content (AvgIpc) is 1.56. The Morgan fingerprint density at radius 1 is 0.443 bits per heavy atom. The van der Waals surface area contributed by atoms with Gasteiger partial charge in [-0.1, -0.05) is 60.6 Å². The lowest BCUT2D eigenvalue weighted by atomic mass is 10.1. The fourth-order valence-corrected chi connectivity index (χ4v) is 19.5. The molecule has 0 aromatic rings. The molecule has 10 aliphatic heterocycles. The van der Waals surface area contributed by atoms with Crippen molar-refractivity contribution in [3.05, 3.63) is 121 Å². The molecule has 0 radical (unpaired) electrons. The molecule has 0 aromatic carbocycles. The van der Waals surface area contributed by atoms with E-state index in [1.165, 1.54) is 4.90 Å². The molecule has 5 fully saturated rings. The van der Waals surface area contributed by atoms with Gasteiger partial charge in [0.15, 0.2) is 39.5 Å². The van der Waals surface area contributed by atoms with Crippen molar-refractivity contribution < 1.29 is 83.9 Å². The number of aliphatic imine (C=N–C) groups is 5. The Hall–Kier alpha value is -5.21. The predicted octanol–water partition coefficient (Wildman–Crippen LogP) is 5.13. The second-order valence-electron chi connectivity index (χ2n) is 37.8. The van der Waals surface area contributed by atoms with Gasteiger partial charge in [0, 0.05) is 74.5 Å². The van der Waals surface area contributed by atoms with E-state index in [2.05, 4.69) is 190 Å². The number of hydrogen-bond donors (Lipinski definition) is 14. The first-order valence-corrected chi connectivity index (χ1v) is 59.3. The number of hydrogen-bond acceptors (Lipinski definition) is 32. The van der Waals surface area contributed by atoms with E-state index in [0.29, 0.717) is 96.5 Å². The van der Waals surface area contributed by atoms with E-state index < -0.39 is 159 Å². The van der Waals surface area contributed by atoms with Crippen LogP contribution in [0.2, 0.25) is 18.1 Å². The van der Waals surface area contributed by atoms with Gasteiger partial charge in [0.2, 0.25) is 0 Å². The summed E-state index contributed by atoms with van der Waals surface area (Å²) in [6, 6.07) is 0. The highest BCUT2D eigenvalue weighted by atomic mass is 31.2. The van der Waals surface area contributed by atoms with E-state index in [-0.39, 0.29) is 23.6 Å². The molecule has 10 heterocycles. The topological polar surface area (TPSA) is 452 Å². The molecule has 10 aliphatic rings. The summed E-state index contributed by atoms with van der Waals surface area (Å²) in [5, 5.41) is 103. The molecule has 10 rings (SSSR count). The van der Waals surface area contributed by atoms with E-state index in [4.69, 9.17) is 55.8 Å². The number of likely N-dealkylation sites (N-methyl/N-ethyl adjacent to an activating group) is 1. The molecule has 0 spiro atoms. The minimum atomic E-state index is -1.97. The van der Waals surface area contributed by atoms with Crippen LogP contribution < -0.4 is 22.9 Å². The van der Waals surface area contributed by atoms with Gasteiger partial charge in [-0.25, -0.2) is 25.0 Å². The van der Waals surface area contributed by atoms with Crippen LogP contribution in [0, 0.1) is 0 Å². The van der Waals surface area contributed by atoms with E-state index >= 15 is 0 Å². The normalized spacial score (nSPS) is 31.1. The molecule has 692 valence electrons. The third-order valence-corrected chi connectivity index (χ3v) is 34.4. The predicted molar refractivity (Wildman–Crippen MR) is 515 cm³/mol. The van der Waals surface area contributed by atoms with Crippen molar-refractivity contribution in [2.45, 2.75) is 214 Å². The fourth-order valence-electron chi connectivity index (χ4n) is 13.8. The van der Waals surface area contributed by atoms with Crippen molar-refractivity contribution in [3.63, 3.8) is 0 Å². The third-order valence-electron chi connectivity index (χ3n) is 22.5. The van der Waals surface area contributed by atoms with Gasteiger partial charge in [-0.2, -0.15) is 0 Å². The van der Waals surface area contributed by atoms with E-state index in [0.717, 1.165) is 54.2 Å². The van der Waals surface area contributed by atoms with Crippen LogP contribution in [-0.4, -0.2) is 404 Å². The van der Waals surface area contributed by atoms with E-state index in [1.807, 2.05) is 50.0 Å². The summed E-state index contributed by atoms with van der Waals surface area (Å²) >= 11 is 0.